The zero-order valence-electron chi connectivity index (χ0n) is 8.22. The Kier molecular flexibility index (Phi) is 1.83. The molecule has 3 rings (SSSR count). The Hall–Kier alpha value is -2.10. The molecule has 0 spiro atoms. The molecule has 0 radical (unpaired) electrons. The predicted octanol–water partition coefficient (Wildman–Crippen LogP) is 2.18. The van der Waals surface area contributed by atoms with Crippen molar-refractivity contribution in [2.45, 2.75) is 6.17 Å². The first-order chi connectivity index (χ1) is 7.75. The molecule has 3 nitrogen and oxygen atoms in total. The fraction of sp³-hybridized carbons (Fsp3) is 0.0833. The molecule has 0 N–H and O–H groups in total. The van der Waals surface area contributed by atoms with Gasteiger partial charge in [-0.2, -0.15) is 0 Å². The third-order valence-corrected chi connectivity index (χ3v) is 2.50. The van der Waals surface area contributed by atoms with Gasteiger partial charge in [0.2, 0.25) is 5.78 Å². The molecule has 78 valence electrons. The molecule has 0 bridgehead atoms. The highest BCUT2D eigenvalue weighted by atomic mass is 19.1. The number of para-hydroxylation sites is 2. The summed E-state index contributed by atoms with van der Waals surface area (Å²) in [5, 5.41) is 0. The van der Waals surface area contributed by atoms with Gasteiger partial charge in [0.1, 0.15) is 5.69 Å². The number of benzene rings is 1. The highest BCUT2D eigenvalue weighted by Gasteiger charge is 2.25. The van der Waals surface area contributed by atoms with E-state index < -0.39 is 12.0 Å². The van der Waals surface area contributed by atoms with Crippen molar-refractivity contribution in [1.29, 1.82) is 0 Å². The number of hydrogen-bond donors (Lipinski definition) is 0. The SMILES string of the molecule is O=C1c2nc3ccccc3nc2C=CC1F. The van der Waals surface area contributed by atoms with Gasteiger partial charge in [0.15, 0.2) is 6.17 Å². The van der Waals surface area contributed by atoms with Crippen molar-refractivity contribution in [3.63, 3.8) is 0 Å². The highest BCUT2D eigenvalue weighted by Crippen LogP contribution is 2.20. The Morgan fingerprint density at radius 1 is 1.12 bits per heavy atom. The zero-order valence-corrected chi connectivity index (χ0v) is 8.22. The van der Waals surface area contributed by atoms with Crippen LogP contribution >= 0.6 is 0 Å². The maximum absolute atomic E-state index is 13.2. The Morgan fingerprint density at radius 2 is 1.81 bits per heavy atom. The first kappa shape index (κ1) is 9.15. The molecule has 4 heteroatoms. The van der Waals surface area contributed by atoms with Gasteiger partial charge in [-0.25, -0.2) is 14.4 Å². The molecule has 0 saturated heterocycles. The minimum absolute atomic E-state index is 0.119. The molecule has 0 saturated carbocycles. The molecule has 1 aromatic carbocycles. The van der Waals surface area contributed by atoms with E-state index in [2.05, 4.69) is 9.97 Å². The maximum Gasteiger partial charge on any atom is 0.221 e. The zero-order chi connectivity index (χ0) is 11.1. The number of aromatic nitrogens is 2. The van der Waals surface area contributed by atoms with Crippen LogP contribution in [0.4, 0.5) is 4.39 Å². The summed E-state index contributed by atoms with van der Waals surface area (Å²) >= 11 is 0. The van der Waals surface area contributed by atoms with Crippen molar-refractivity contribution in [2.75, 3.05) is 0 Å². The van der Waals surface area contributed by atoms with Crippen molar-refractivity contribution in [2.24, 2.45) is 0 Å². The standard InChI is InChI=1S/C12H7FN2O/c13-7-5-6-10-11(12(7)16)15-9-4-2-1-3-8(9)14-10/h1-7H. The van der Waals surface area contributed by atoms with E-state index in [1.165, 1.54) is 12.2 Å². The van der Waals surface area contributed by atoms with Gasteiger partial charge in [0.05, 0.1) is 16.7 Å². The van der Waals surface area contributed by atoms with E-state index in [0.717, 1.165) is 0 Å². The molecule has 1 aliphatic rings. The number of rotatable bonds is 0. The number of hydrogen-bond acceptors (Lipinski definition) is 3. The molecule has 1 heterocycles. The summed E-state index contributed by atoms with van der Waals surface area (Å²) in [6.45, 7) is 0. The van der Waals surface area contributed by atoms with Crippen molar-refractivity contribution in [1.82, 2.24) is 9.97 Å². The third kappa shape index (κ3) is 1.23. The number of halogens is 1. The lowest BCUT2D eigenvalue weighted by molar-refractivity contribution is 0.0906. The number of carbonyl (C=O) groups is 1. The second-order valence-corrected chi connectivity index (χ2v) is 3.57. The minimum atomic E-state index is -1.59. The van der Waals surface area contributed by atoms with Crippen LogP contribution < -0.4 is 0 Å². The van der Waals surface area contributed by atoms with Gasteiger partial charge in [-0.15, -0.1) is 0 Å². The summed E-state index contributed by atoms with van der Waals surface area (Å²) in [6, 6.07) is 7.21. The van der Waals surface area contributed by atoms with Crippen LogP contribution in [0.2, 0.25) is 0 Å². The Morgan fingerprint density at radius 3 is 2.56 bits per heavy atom. The van der Waals surface area contributed by atoms with E-state index in [1.54, 1.807) is 12.1 Å². The smallest absolute Gasteiger partial charge is 0.221 e. The van der Waals surface area contributed by atoms with Gasteiger partial charge in [-0.05, 0) is 24.3 Å². The molecular formula is C12H7FN2O. The van der Waals surface area contributed by atoms with Crippen LogP contribution in [0.15, 0.2) is 30.3 Å². The van der Waals surface area contributed by atoms with Gasteiger partial charge < -0.3 is 0 Å². The minimum Gasteiger partial charge on any atom is -0.289 e. The van der Waals surface area contributed by atoms with Crippen molar-refractivity contribution in [3.05, 3.63) is 41.7 Å². The molecule has 1 unspecified atom stereocenters. The molecule has 16 heavy (non-hydrogen) atoms. The number of ketones is 1. The summed E-state index contributed by atoms with van der Waals surface area (Å²) in [4.78, 5) is 19.9. The van der Waals surface area contributed by atoms with E-state index in [-0.39, 0.29) is 5.69 Å². The van der Waals surface area contributed by atoms with Crippen LogP contribution in [-0.4, -0.2) is 21.9 Å². The van der Waals surface area contributed by atoms with Gasteiger partial charge in [0.25, 0.3) is 0 Å². The Bertz CT molecular complexity index is 621. The van der Waals surface area contributed by atoms with Crippen LogP contribution in [-0.2, 0) is 0 Å². The number of carbonyl (C=O) groups excluding carboxylic acids is 1. The van der Waals surface area contributed by atoms with Crippen molar-refractivity contribution >= 4 is 22.9 Å². The van der Waals surface area contributed by atoms with Gasteiger partial charge in [-0.3, -0.25) is 4.79 Å². The average molecular weight is 214 g/mol. The number of allylic oxidation sites excluding steroid dienone is 1. The molecular weight excluding hydrogens is 207 g/mol. The van der Waals surface area contributed by atoms with Crippen LogP contribution in [0.5, 0.6) is 0 Å². The number of Topliss-reactive ketones (excluding diaryl/α,β-unsaturated/α-hetero) is 1. The molecule has 2 aromatic rings. The van der Waals surface area contributed by atoms with E-state index >= 15 is 0 Å². The lowest BCUT2D eigenvalue weighted by Crippen LogP contribution is -2.20. The topological polar surface area (TPSA) is 42.9 Å². The first-order valence-electron chi connectivity index (χ1n) is 4.89. The average Bonchev–Trinajstić information content (AvgIpc) is 2.32. The van der Waals surface area contributed by atoms with E-state index in [4.69, 9.17) is 0 Å². The van der Waals surface area contributed by atoms with E-state index in [9.17, 15) is 9.18 Å². The molecule has 1 aromatic heterocycles. The van der Waals surface area contributed by atoms with Crippen molar-refractivity contribution in [3.8, 4) is 0 Å². The second kappa shape index (κ2) is 3.20. The van der Waals surface area contributed by atoms with E-state index in [0.29, 0.717) is 16.7 Å². The summed E-state index contributed by atoms with van der Waals surface area (Å²) in [7, 11) is 0. The van der Waals surface area contributed by atoms with Crippen LogP contribution in [0.3, 0.4) is 0 Å². The fourth-order valence-electron chi connectivity index (χ4n) is 1.70. The van der Waals surface area contributed by atoms with E-state index in [1.807, 2.05) is 12.1 Å². The van der Waals surface area contributed by atoms with Gasteiger partial charge in [0, 0.05) is 0 Å². The lowest BCUT2D eigenvalue weighted by Gasteiger charge is -2.11. The van der Waals surface area contributed by atoms with Crippen LogP contribution in [0.1, 0.15) is 16.2 Å². The molecule has 1 atom stereocenters. The number of alkyl halides is 1. The largest absolute Gasteiger partial charge is 0.289 e. The number of fused-ring (bicyclic) bond motifs is 2. The van der Waals surface area contributed by atoms with Crippen LogP contribution in [0.25, 0.3) is 17.1 Å². The highest BCUT2D eigenvalue weighted by molar-refractivity contribution is 6.05. The predicted molar refractivity (Wildman–Crippen MR) is 57.8 cm³/mol. The fourth-order valence-corrected chi connectivity index (χ4v) is 1.70. The number of nitrogens with zero attached hydrogens (tertiary/aromatic N) is 2. The Labute approximate surface area is 90.6 Å². The summed E-state index contributed by atoms with van der Waals surface area (Å²) in [5.41, 5.74) is 1.87. The Balaban J connectivity index is 2.33. The lowest BCUT2D eigenvalue weighted by atomic mass is 10.0. The summed E-state index contributed by atoms with van der Waals surface area (Å²) in [5.74, 6) is -0.615. The maximum atomic E-state index is 13.2. The van der Waals surface area contributed by atoms with Gasteiger partial charge in [-0.1, -0.05) is 12.1 Å². The summed E-state index contributed by atoms with van der Waals surface area (Å²) in [6.07, 6.45) is 1.11. The van der Waals surface area contributed by atoms with Crippen molar-refractivity contribution < 1.29 is 9.18 Å². The van der Waals surface area contributed by atoms with Crippen LogP contribution in [0, 0.1) is 0 Å². The first-order valence-corrected chi connectivity index (χ1v) is 4.89. The molecule has 0 fully saturated rings. The normalized spacial score (nSPS) is 18.8. The van der Waals surface area contributed by atoms with Gasteiger partial charge >= 0.3 is 0 Å². The molecule has 0 amide bonds. The molecule has 1 aliphatic carbocycles. The quantitative estimate of drug-likeness (QED) is 0.675. The second-order valence-electron chi connectivity index (χ2n) is 3.57. The summed E-state index contributed by atoms with van der Waals surface area (Å²) < 4.78 is 13.2. The monoisotopic (exact) mass is 214 g/mol. The third-order valence-electron chi connectivity index (χ3n) is 2.50. The molecule has 0 aliphatic heterocycles.